The molecule has 0 saturated carbocycles. The monoisotopic (exact) mass is 355 g/mol. The Morgan fingerprint density at radius 2 is 1.73 bits per heavy atom. The molecule has 3 aromatic rings. The second-order valence-electron chi connectivity index (χ2n) is 6.74. The predicted molar refractivity (Wildman–Crippen MR) is 97.7 cm³/mol. The van der Waals surface area contributed by atoms with Crippen molar-refractivity contribution in [2.24, 2.45) is 0 Å². The second-order valence-corrected chi connectivity index (χ2v) is 6.74. The Labute approximate surface area is 149 Å². The molecule has 0 aliphatic carbocycles. The SMILES string of the molecule is CC(C)(C)OC(=O)Nc1oc2ccccc2c(=O)c1-c1ccccc1F. The summed E-state index contributed by atoms with van der Waals surface area (Å²) in [5.74, 6) is -0.754. The van der Waals surface area contributed by atoms with Gasteiger partial charge in [0.05, 0.1) is 10.9 Å². The van der Waals surface area contributed by atoms with Crippen LogP contribution >= 0.6 is 0 Å². The van der Waals surface area contributed by atoms with Crippen LogP contribution in [0.15, 0.2) is 57.7 Å². The minimum absolute atomic E-state index is 0.0399. The third-order valence-electron chi connectivity index (χ3n) is 3.56. The number of nitrogens with one attached hydrogen (secondary N) is 1. The van der Waals surface area contributed by atoms with Crippen molar-refractivity contribution >= 4 is 22.9 Å². The van der Waals surface area contributed by atoms with Gasteiger partial charge in [-0.1, -0.05) is 30.3 Å². The van der Waals surface area contributed by atoms with Crippen LogP contribution in [0.2, 0.25) is 0 Å². The molecule has 5 nitrogen and oxygen atoms in total. The fraction of sp³-hybridized carbons (Fsp3) is 0.200. The summed E-state index contributed by atoms with van der Waals surface area (Å²) in [5.41, 5.74) is -0.920. The molecule has 0 bridgehead atoms. The highest BCUT2D eigenvalue weighted by molar-refractivity contribution is 5.93. The van der Waals surface area contributed by atoms with Gasteiger partial charge in [0.1, 0.15) is 17.0 Å². The van der Waals surface area contributed by atoms with Crippen LogP contribution in [0.4, 0.5) is 15.1 Å². The second kappa shape index (κ2) is 6.63. The molecular formula is C20H18FNO4. The minimum atomic E-state index is -0.798. The highest BCUT2D eigenvalue weighted by Gasteiger charge is 2.23. The van der Waals surface area contributed by atoms with E-state index >= 15 is 0 Å². The zero-order valence-corrected chi connectivity index (χ0v) is 14.6. The Kier molecular flexibility index (Phi) is 4.50. The first-order valence-corrected chi connectivity index (χ1v) is 8.07. The summed E-state index contributed by atoms with van der Waals surface area (Å²) >= 11 is 0. The van der Waals surface area contributed by atoms with Crippen molar-refractivity contribution in [2.75, 3.05) is 5.32 Å². The van der Waals surface area contributed by atoms with Crippen molar-refractivity contribution in [1.29, 1.82) is 0 Å². The van der Waals surface area contributed by atoms with Crippen LogP contribution in [-0.2, 0) is 4.74 Å². The predicted octanol–water partition coefficient (Wildman–Crippen LogP) is 4.95. The molecule has 134 valence electrons. The van der Waals surface area contributed by atoms with Crippen LogP contribution in [0, 0.1) is 5.82 Å². The summed E-state index contributed by atoms with van der Waals surface area (Å²) in [6.45, 7) is 5.13. The molecule has 2 aromatic carbocycles. The van der Waals surface area contributed by atoms with Crippen molar-refractivity contribution in [3.63, 3.8) is 0 Å². The van der Waals surface area contributed by atoms with Crippen LogP contribution < -0.4 is 10.7 Å². The molecule has 0 atom stereocenters. The molecule has 6 heteroatoms. The zero-order valence-electron chi connectivity index (χ0n) is 14.6. The van der Waals surface area contributed by atoms with Gasteiger partial charge in [-0.15, -0.1) is 0 Å². The number of amides is 1. The van der Waals surface area contributed by atoms with Crippen LogP contribution in [-0.4, -0.2) is 11.7 Å². The number of ether oxygens (including phenoxy) is 1. The molecule has 0 aliphatic heterocycles. The summed E-state index contributed by atoms with van der Waals surface area (Å²) in [6, 6.07) is 12.4. The Morgan fingerprint density at radius 3 is 2.42 bits per heavy atom. The van der Waals surface area contributed by atoms with Gasteiger partial charge < -0.3 is 9.15 Å². The number of carbonyl (C=O) groups is 1. The molecule has 3 rings (SSSR count). The maximum Gasteiger partial charge on any atom is 0.414 e. The lowest BCUT2D eigenvalue weighted by Crippen LogP contribution is -2.28. The molecule has 0 unspecified atom stereocenters. The standard InChI is InChI=1S/C20H18FNO4/c1-20(2,3)26-19(24)22-18-16(12-8-4-6-10-14(12)21)17(23)13-9-5-7-11-15(13)25-18/h4-11H,1-3H3,(H,22,24). The highest BCUT2D eigenvalue weighted by Crippen LogP contribution is 2.30. The van der Waals surface area contributed by atoms with E-state index in [0.717, 1.165) is 0 Å². The summed E-state index contributed by atoms with van der Waals surface area (Å²) in [5, 5.41) is 2.72. The lowest BCUT2D eigenvalue weighted by molar-refractivity contribution is 0.0633. The van der Waals surface area contributed by atoms with Gasteiger partial charge in [0.15, 0.2) is 0 Å². The number of rotatable bonds is 2. The maximum atomic E-state index is 14.3. The Bertz CT molecular complexity index is 1030. The van der Waals surface area contributed by atoms with Gasteiger partial charge in [0.2, 0.25) is 11.3 Å². The molecule has 0 fully saturated rings. The lowest BCUT2D eigenvalue weighted by Gasteiger charge is -2.20. The molecule has 1 N–H and O–H groups in total. The van der Waals surface area contributed by atoms with E-state index in [-0.39, 0.29) is 22.6 Å². The first-order chi connectivity index (χ1) is 12.3. The number of fused-ring (bicyclic) bond motifs is 1. The quantitative estimate of drug-likeness (QED) is 0.706. The highest BCUT2D eigenvalue weighted by atomic mass is 19.1. The smallest absolute Gasteiger partial charge is 0.414 e. The van der Waals surface area contributed by atoms with Gasteiger partial charge in [-0.3, -0.25) is 10.1 Å². The normalized spacial score (nSPS) is 11.4. The van der Waals surface area contributed by atoms with Crippen LogP contribution in [0.1, 0.15) is 20.8 Å². The van der Waals surface area contributed by atoms with Gasteiger partial charge in [0.25, 0.3) is 0 Å². The van der Waals surface area contributed by atoms with Crippen molar-refractivity contribution in [3.05, 3.63) is 64.6 Å². The largest absolute Gasteiger partial charge is 0.444 e. The van der Waals surface area contributed by atoms with E-state index in [2.05, 4.69) is 5.32 Å². The molecule has 1 heterocycles. The topological polar surface area (TPSA) is 68.5 Å². The molecule has 26 heavy (non-hydrogen) atoms. The third kappa shape index (κ3) is 3.59. The van der Waals surface area contributed by atoms with Gasteiger partial charge in [-0.2, -0.15) is 0 Å². The number of carbonyl (C=O) groups excluding carboxylic acids is 1. The van der Waals surface area contributed by atoms with E-state index < -0.39 is 22.9 Å². The maximum absolute atomic E-state index is 14.3. The van der Waals surface area contributed by atoms with E-state index in [0.29, 0.717) is 5.39 Å². The van der Waals surface area contributed by atoms with Crippen molar-refractivity contribution < 1.29 is 18.3 Å². The summed E-state index contributed by atoms with van der Waals surface area (Å²) < 4.78 is 25.2. The number of halogens is 1. The van der Waals surface area contributed by atoms with E-state index in [1.807, 2.05) is 0 Å². The van der Waals surface area contributed by atoms with Gasteiger partial charge in [-0.05, 0) is 39.0 Å². The Hall–Kier alpha value is -3.15. The van der Waals surface area contributed by atoms with Crippen LogP contribution in [0.5, 0.6) is 0 Å². The zero-order chi connectivity index (χ0) is 18.9. The first-order valence-electron chi connectivity index (χ1n) is 8.07. The average molecular weight is 355 g/mol. The third-order valence-corrected chi connectivity index (χ3v) is 3.56. The molecule has 1 aromatic heterocycles. The summed E-state index contributed by atoms with van der Waals surface area (Å²) in [7, 11) is 0. The van der Waals surface area contributed by atoms with E-state index in [1.165, 1.54) is 18.2 Å². The fourth-order valence-electron chi connectivity index (χ4n) is 2.53. The lowest BCUT2D eigenvalue weighted by atomic mass is 10.0. The Morgan fingerprint density at radius 1 is 1.08 bits per heavy atom. The first kappa shape index (κ1) is 17.7. The number of benzene rings is 2. The van der Waals surface area contributed by atoms with Gasteiger partial charge >= 0.3 is 6.09 Å². The number of para-hydroxylation sites is 1. The molecule has 1 amide bonds. The van der Waals surface area contributed by atoms with Crippen molar-refractivity contribution in [1.82, 2.24) is 0 Å². The van der Waals surface area contributed by atoms with Gasteiger partial charge in [0, 0.05) is 5.56 Å². The van der Waals surface area contributed by atoms with E-state index in [4.69, 9.17) is 9.15 Å². The Balaban J connectivity index is 2.20. The van der Waals surface area contributed by atoms with Crippen LogP contribution in [0.3, 0.4) is 0 Å². The van der Waals surface area contributed by atoms with Crippen molar-refractivity contribution in [2.45, 2.75) is 26.4 Å². The van der Waals surface area contributed by atoms with Crippen molar-refractivity contribution in [3.8, 4) is 11.1 Å². The molecule has 0 aliphatic rings. The fourth-order valence-corrected chi connectivity index (χ4v) is 2.53. The summed E-state index contributed by atoms with van der Waals surface area (Å²) in [6.07, 6.45) is -0.798. The van der Waals surface area contributed by atoms with E-state index in [1.54, 1.807) is 51.1 Å². The molecular weight excluding hydrogens is 337 g/mol. The summed E-state index contributed by atoms with van der Waals surface area (Å²) in [4.78, 5) is 25.1. The van der Waals surface area contributed by atoms with E-state index in [9.17, 15) is 14.0 Å². The van der Waals surface area contributed by atoms with Crippen LogP contribution in [0.25, 0.3) is 22.1 Å². The minimum Gasteiger partial charge on any atom is -0.444 e. The number of hydrogen-bond donors (Lipinski definition) is 1. The number of hydrogen-bond acceptors (Lipinski definition) is 4. The molecule has 0 radical (unpaired) electrons. The van der Waals surface area contributed by atoms with Gasteiger partial charge in [-0.25, -0.2) is 9.18 Å². The molecule has 0 saturated heterocycles. The average Bonchev–Trinajstić information content (AvgIpc) is 2.55. The molecule has 0 spiro atoms. The number of anilines is 1.